The van der Waals surface area contributed by atoms with Gasteiger partial charge in [0.25, 0.3) is 10.0 Å². The third-order valence-electron chi connectivity index (χ3n) is 4.12. The molecule has 0 bridgehead atoms. The van der Waals surface area contributed by atoms with Crippen LogP contribution < -0.4 is 0 Å². The van der Waals surface area contributed by atoms with Gasteiger partial charge in [-0.15, -0.1) is 0 Å². The second-order valence-corrected chi connectivity index (χ2v) is 7.15. The molecule has 2 fully saturated rings. The van der Waals surface area contributed by atoms with Gasteiger partial charge in [0, 0.05) is 24.9 Å². The molecule has 4 nitrogen and oxygen atoms in total. The van der Waals surface area contributed by atoms with Crippen molar-refractivity contribution in [3.05, 3.63) is 0 Å². The molecule has 7 heteroatoms. The van der Waals surface area contributed by atoms with E-state index in [-0.39, 0.29) is 18.2 Å². The third-order valence-corrected chi connectivity index (χ3v) is 5.67. The molecule has 1 aliphatic carbocycles. The number of piperidine rings is 1. The molecule has 1 aliphatic heterocycles. The van der Waals surface area contributed by atoms with E-state index in [1.165, 1.54) is 0 Å². The maximum Gasteiger partial charge on any atom is 0.350 e. The number of alkyl halides is 2. The van der Waals surface area contributed by atoms with Crippen LogP contribution in [-0.2, 0) is 14.8 Å². The fourth-order valence-corrected chi connectivity index (χ4v) is 4.39. The predicted molar refractivity (Wildman–Crippen MR) is 66.2 cm³/mol. The standard InChI is InChI=1S/C12H19F2NO3S/c13-12(14)19(17,18)15-8-4-3-6-10(15)9-5-1-2-7-11(9)16/h9-10,12H,1-8H2. The molecule has 0 N–H and O–H groups in total. The first kappa shape index (κ1) is 14.8. The molecule has 0 aromatic carbocycles. The Kier molecular flexibility index (Phi) is 4.55. The Hall–Kier alpha value is -0.560. The molecule has 0 amide bonds. The SMILES string of the molecule is O=C1CCCCC1C1CCCCN1S(=O)(=O)C(F)F. The molecule has 2 atom stereocenters. The van der Waals surface area contributed by atoms with E-state index in [1.807, 2.05) is 0 Å². The smallest absolute Gasteiger partial charge is 0.299 e. The van der Waals surface area contributed by atoms with Gasteiger partial charge in [-0.05, 0) is 25.7 Å². The first-order valence-electron chi connectivity index (χ1n) is 6.76. The van der Waals surface area contributed by atoms with Gasteiger partial charge in [0.15, 0.2) is 0 Å². The van der Waals surface area contributed by atoms with Gasteiger partial charge in [0.1, 0.15) is 5.78 Å². The molecule has 2 rings (SSSR count). The van der Waals surface area contributed by atoms with Crippen LogP contribution >= 0.6 is 0 Å². The van der Waals surface area contributed by atoms with E-state index in [0.29, 0.717) is 25.7 Å². The summed E-state index contributed by atoms with van der Waals surface area (Å²) in [7, 11) is -4.57. The van der Waals surface area contributed by atoms with Crippen LogP contribution in [0, 0.1) is 5.92 Å². The van der Waals surface area contributed by atoms with Crippen LogP contribution in [-0.4, -0.2) is 36.9 Å². The number of Topliss-reactive ketones (excluding diaryl/α,β-unsaturated/α-hetero) is 1. The Bertz CT molecular complexity index is 438. The summed E-state index contributed by atoms with van der Waals surface area (Å²) >= 11 is 0. The van der Waals surface area contributed by atoms with Crippen molar-refractivity contribution < 1.29 is 22.0 Å². The number of hydrogen-bond acceptors (Lipinski definition) is 3. The van der Waals surface area contributed by atoms with Crippen molar-refractivity contribution in [1.29, 1.82) is 0 Å². The molecule has 0 spiro atoms. The minimum atomic E-state index is -4.57. The lowest BCUT2D eigenvalue weighted by atomic mass is 9.80. The molecule has 19 heavy (non-hydrogen) atoms. The van der Waals surface area contributed by atoms with Gasteiger partial charge in [-0.25, -0.2) is 8.42 Å². The summed E-state index contributed by atoms with van der Waals surface area (Å²) in [5.74, 6) is -3.75. The molecule has 1 heterocycles. The zero-order chi connectivity index (χ0) is 14.0. The highest BCUT2D eigenvalue weighted by atomic mass is 32.2. The number of hydrogen-bond donors (Lipinski definition) is 0. The first-order chi connectivity index (χ1) is 8.94. The van der Waals surface area contributed by atoms with Crippen molar-refractivity contribution in [2.45, 2.75) is 56.7 Å². The van der Waals surface area contributed by atoms with E-state index < -0.39 is 21.8 Å². The summed E-state index contributed by atoms with van der Waals surface area (Å²) in [6.07, 6.45) is 4.66. The lowest BCUT2D eigenvalue weighted by molar-refractivity contribution is -0.126. The zero-order valence-electron chi connectivity index (χ0n) is 10.7. The molecule has 110 valence electrons. The number of rotatable bonds is 3. The van der Waals surface area contributed by atoms with Crippen LogP contribution in [0.15, 0.2) is 0 Å². The molecule has 1 saturated carbocycles. The average molecular weight is 295 g/mol. The number of halogens is 2. The molecule has 1 saturated heterocycles. The monoisotopic (exact) mass is 295 g/mol. The quantitative estimate of drug-likeness (QED) is 0.801. The van der Waals surface area contributed by atoms with Gasteiger partial charge in [-0.1, -0.05) is 12.8 Å². The zero-order valence-corrected chi connectivity index (χ0v) is 11.5. The van der Waals surface area contributed by atoms with Gasteiger partial charge in [-0.2, -0.15) is 13.1 Å². The fourth-order valence-electron chi connectivity index (χ4n) is 3.17. The highest BCUT2D eigenvalue weighted by Gasteiger charge is 2.43. The van der Waals surface area contributed by atoms with Crippen LogP contribution in [0.2, 0.25) is 0 Å². The molecule has 2 aliphatic rings. The lowest BCUT2D eigenvalue weighted by Crippen LogP contribution is -2.51. The van der Waals surface area contributed by atoms with Crippen LogP contribution in [0.25, 0.3) is 0 Å². The maximum atomic E-state index is 12.7. The molecule has 0 radical (unpaired) electrons. The summed E-state index contributed by atoms with van der Waals surface area (Å²) < 4.78 is 49.8. The fraction of sp³-hybridized carbons (Fsp3) is 0.917. The van der Waals surface area contributed by atoms with E-state index in [2.05, 4.69) is 0 Å². The van der Waals surface area contributed by atoms with Gasteiger partial charge >= 0.3 is 5.76 Å². The summed E-state index contributed by atoms with van der Waals surface area (Å²) in [5, 5.41) is 0. The Labute approximate surface area is 112 Å². The van der Waals surface area contributed by atoms with Crippen molar-refractivity contribution in [2.24, 2.45) is 5.92 Å². The Morgan fingerprint density at radius 3 is 2.42 bits per heavy atom. The summed E-state index contributed by atoms with van der Waals surface area (Å²) in [6, 6.07) is -0.555. The Morgan fingerprint density at radius 2 is 1.79 bits per heavy atom. The highest BCUT2D eigenvalue weighted by molar-refractivity contribution is 7.89. The highest BCUT2D eigenvalue weighted by Crippen LogP contribution is 2.34. The van der Waals surface area contributed by atoms with Gasteiger partial charge in [-0.3, -0.25) is 4.79 Å². The molecule has 0 aromatic heterocycles. The van der Waals surface area contributed by atoms with E-state index in [9.17, 15) is 22.0 Å². The summed E-state index contributed by atoms with van der Waals surface area (Å²) in [5.41, 5.74) is 0. The maximum absolute atomic E-state index is 12.7. The van der Waals surface area contributed by atoms with E-state index in [4.69, 9.17) is 0 Å². The van der Waals surface area contributed by atoms with Crippen LogP contribution in [0.1, 0.15) is 44.9 Å². The van der Waals surface area contributed by atoms with Gasteiger partial charge in [0.2, 0.25) is 0 Å². The third kappa shape index (κ3) is 2.97. The molecular weight excluding hydrogens is 276 g/mol. The van der Waals surface area contributed by atoms with Gasteiger partial charge in [0.05, 0.1) is 0 Å². The minimum Gasteiger partial charge on any atom is -0.299 e. The van der Waals surface area contributed by atoms with E-state index in [0.717, 1.165) is 23.6 Å². The Morgan fingerprint density at radius 1 is 1.11 bits per heavy atom. The van der Waals surface area contributed by atoms with Crippen molar-refractivity contribution in [2.75, 3.05) is 6.54 Å². The molecular formula is C12H19F2NO3S. The predicted octanol–water partition coefficient (Wildman–Crippen LogP) is 2.15. The van der Waals surface area contributed by atoms with Crippen LogP contribution in [0.4, 0.5) is 8.78 Å². The van der Waals surface area contributed by atoms with Crippen LogP contribution in [0.5, 0.6) is 0 Å². The van der Waals surface area contributed by atoms with Crippen LogP contribution in [0.3, 0.4) is 0 Å². The van der Waals surface area contributed by atoms with Gasteiger partial charge < -0.3 is 0 Å². The lowest BCUT2D eigenvalue weighted by Gasteiger charge is -2.39. The summed E-state index contributed by atoms with van der Waals surface area (Å²) in [4.78, 5) is 11.9. The molecule has 2 unspecified atom stereocenters. The summed E-state index contributed by atoms with van der Waals surface area (Å²) in [6.45, 7) is 0.112. The average Bonchev–Trinajstić information content (AvgIpc) is 2.39. The number of carbonyl (C=O) groups excluding carboxylic acids is 1. The largest absolute Gasteiger partial charge is 0.350 e. The second-order valence-electron chi connectivity index (χ2n) is 5.30. The van der Waals surface area contributed by atoms with E-state index in [1.54, 1.807) is 0 Å². The van der Waals surface area contributed by atoms with E-state index >= 15 is 0 Å². The number of nitrogens with zero attached hydrogens (tertiary/aromatic N) is 1. The molecule has 0 aromatic rings. The van der Waals surface area contributed by atoms with Crippen molar-refractivity contribution >= 4 is 15.8 Å². The first-order valence-corrected chi connectivity index (χ1v) is 8.26. The number of ketones is 1. The number of carbonyl (C=O) groups is 1. The number of sulfonamides is 1. The normalized spacial score (nSPS) is 30.8. The topological polar surface area (TPSA) is 54.5 Å². The second kappa shape index (κ2) is 5.83. The minimum absolute atomic E-state index is 0.0348. The van der Waals surface area contributed by atoms with Crippen molar-refractivity contribution in [3.8, 4) is 0 Å². The Balaban J connectivity index is 2.23. The van der Waals surface area contributed by atoms with Crippen molar-refractivity contribution in [3.63, 3.8) is 0 Å². The van der Waals surface area contributed by atoms with Crippen molar-refractivity contribution in [1.82, 2.24) is 4.31 Å².